The number of ether oxygens (including phenoxy) is 1. The second-order valence-corrected chi connectivity index (χ2v) is 6.04. The number of nitro groups is 1. The van der Waals surface area contributed by atoms with Gasteiger partial charge in [0.1, 0.15) is 22.6 Å². The lowest BCUT2D eigenvalue weighted by Gasteiger charge is -2.10. The molecule has 0 aliphatic rings. The van der Waals surface area contributed by atoms with E-state index in [2.05, 4.69) is 5.32 Å². The Kier molecular flexibility index (Phi) is 4.64. The van der Waals surface area contributed by atoms with E-state index in [9.17, 15) is 19.7 Å². The second-order valence-electron chi connectivity index (χ2n) is 6.04. The number of rotatable bonds is 4. The molecule has 3 aromatic rings. The highest BCUT2D eigenvalue weighted by molar-refractivity contribution is 6.07. The molecule has 0 radical (unpaired) electrons. The summed E-state index contributed by atoms with van der Waals surface area (Å²) in [6.07, 6.45) is 0. The molecule has 0 saturated carbocycles. The van der Waals surface area contributed by atoms with Gasteiger partial charge in [-0.25, -0.2) is 4.79 Å². The van der Waals surface area contributed by atoms with Gasteiger partial charge in [0.2, 0.25) is 0 Å². The van der Waals surface area contributed by atoms with Gasteiger partial charge in [-0.2, -0.15) is 0 Å². The molecule has 0 spiro atoms. The number of nitrogens with zero attached hydrogens (tertiary/aromatic N) is 1. The molecule has 0 unspecified atom stereocenters. The van der Waals surface area contributed by atoms with Gasteiger partial charge in [-0.05, 0) is 49.2 Å². The molecule has 8 nitrogen and oxygen atoms in total. The predicted octanol–water partition coefficient (Wildman–Crippen LogP) is 3.58. The van der Waals surface area contributed by atoms with Gasteiger partial charge >= 0.3 is 5.63 Å². The van der Waals surface area contributed by atoms with Crippen LogP contribution in [0.3, 0.4) is 0 Å². The normalized spacial score (nSPS) is 10.6. The molecular weight excluding hydrogens is 352 g/mol. The van der Waals surface area contributed by atoms with Crippen molar-refractivity contribution in [2.45, 2.75) is 13.8 Å². The van der Waals surface area contributed by atoms with Crippen LogP contribution in [-0.4, -0.2) is 17.9 Å². The summed E-state index contributed by atoms with van der Waals surface area (Å²) in [5.74, 6) is -0.253. The van der Waals surface area contributed by atoms with Crippen molar-refractivity contribution in [3.63, 3.8) is 0 Å². The first-order valence-electron chi connectivity index (χ1n) is 7.99. The first kappa shape index (κ1) is 18.1. The van der Waals surface area contributed by atoms with Crippen LogP contribution in [0.5, 0.6) is 5.75 Å². The second kappa shape index (κ2) is 6.91. The number of amides is 1. The molecule has 0 fully saturated rings. The molecule has 0 saturated heterocycles. The van der Waals surface area contributed by atoms with Crippen LogP contribution in [0.2, 0.25) is 0 Å². The summed E-state index contributed by atoms with van der Waals surface area (Å²) in [4.78, 5) is 35.5. The van der Waals surface area contributed by atoms with Crippen molar-refractivity contribution in [2.75, 3.05) is 12.4 Å². The standard InChI is InChI=1S/C19H16N2O6/c1-10-6-11(2)17(15(7-10)21(24)25)20-18(22)14-9-12-8-13(26-3)4-5-16(12)27-19(14)23/h4-9H,1-3H3,(H,20,22). The number of anilines is 1. The third kappa shape index (κ3) is 3.50. The fourth-order valence-corrected chi connectivity index (χ4v) is 2.82. The summed E-state index contributed by atoms with van der Waals surface area (Å²) >= 11 is 0. The minimum absolute atomic E-state index is 0.0424. The molecule has 0 aliphatic heterocycles. The number of nitro benzene ring substituents is 1. The Hall–Kier alpha value is -3.68. The Morgan fingerprint density at radius 1 is 1.19 bits per heavy atom. The highest BCUT2D eigenvalue weighted by Crippen LogP contribution is 2.30. The van der Waals surface area contributed by atoms with Gasteiger partial charge in [-0.1, -0.05) is 6.07 Å². The van der Waals surface area contributed by atoms with Crippen molar-refractivity contribution in [1.82, 2.24) is 0 Å². The van der Waals surface area contributed by atoms with Gasteiger partial charge in [0.25, 0.3) is 11.6 Å². The number of benzene rings is 2. The van der Waals surface area contributed by atoms with Gasteiger partial charge in [0.15, 0.2) is 0 Å². The van der Waals surface area contributed by atoms with Crippen LogP contribution in [0.1, 0.15) is 21.5 Å². The van der Waals surface area contributed by atoms with E-state index < -0.39 is 16.5 Å². The largest absolute Gasteiger partial charge is 0.497 e. The van der Waals surface area contributed by atoms with Crippen molar-refractivity contribution in [1.29, 1.82) is 0 Å². The molecule has 27 heavy (non-hydrogen) atoms. The van der Waals surface area contributed by atoms with Crippen LogP contribution < -0.4 is 15.7 Å². The smallest absolute Gasteiger partial charge is 0.349 e. The third-order valence-corrected chi connectivity index (χ3v) is 4.08. The zero-order valence-electron chi connectivity index (χ0n) is 14.9. The Morgan fingerprint density at radius 2 is 1.93 bits per heavy atom. The fourth-order valence-electron chi connectivity index (χ4n) is 2.82. The minimum Gasteiger partial charge on any atom is -0.497 e. The number of methoxy groups -OCH3 is 1. The van der Waals surface area contributed by atoms with Crippen LogP contribution in [0, 0.1) is 24.0 Å². The van der Waals surface area contributed by atoms with Crippen LogP contribution in [0.15, 0.2) is 45.6 Å². The van der Waals surface area contributed by atoms with Crippen LogP contribution in [0.4, 0.5) is 11.4 Å². The van der Waals surface area contributed by atoms with E-state index in [4.69, 9.17) is 9.15 Å². The van der Waals surface area contributed by atoms with Crippen LogP contribution in [-0.2, 0) is 0 Å². The van der Waals surface area contributed by atoms with Crippen molar-refractivity contribution < 1.29 is 18.9 Å². The predicted molar refractivity (Wildman–Crippen MR) is 99.6 cm³/mol. The molecule has 138 valence electrons. The lowest BCUT2D eigenvalue weighted by molar-refractivity contribution is -0.384. The number of carbonyl (C=O) groups excluding carboxylic acids is 1. The molecule has 1 aromatic heterocycles. The number of hydrogen-bond donors (Lipinski definition) is 1. The summed E-state index contributed by atoms with van der Waals surface area (Å²) < 4.78 is 10.3. The molecule has 0 atom stereocenters. The maximum absolute atomic E-state index is 12.6. The quantitative estimate of drug-likeness (QED) is 0.428. The van der Waals surface area contributed by atoms with Crippen LogP contribution in [0.25, 0.3) is 11.0 Å². The summed E-state index contributed by atoms with van der Waals surface area (Å²) in [6, 6.07) is 9.24. The topological polar surface area (TPSA) is 112 Å². The maximum Gasteiger partial charge on any atom is 0.349 e. The molecule has 0 bridgehead atoms. The number of nitrogens with one attached hydrogen (secondary N) is 1. The van der Waals surface area contributed by atoms with Gasteiger partial charge in [-0.15, -0.1) is 0 Å². The van der Waals surface area contributed by atoms with Gasteiger partial charge in [0, 0.05) is 11.5 Å². The van der Waals surface area contributed by atoms with E-state index in [-0.39, 0.29) is 16.9 Å². The first-order valence-corrected chi connectivity index (χ1v) is 7.99. The first-order chi connectivity index (χ1) is 12.8. The highest BCUT2D eigenvalue weighted by Gasteiger charge is 2.22. The summed E-state index contributed by atoms with van der Waals surface area (Å²) in [5.41, 5.74) is 0.210. The fraction of sp³-hybridized carbons (Fsp3) is 0.158. The Morgan fingerprint density at radius 3 is 2.59 bits per heavy atom. The van der Waals surface area contributed by atoms with Gasteiger partial charge in [0.05, 0.1) is 12.0 Å². The van der Waals surface area contributed by atoms with E-state index >= 15 is 0 Å². The van der Waals surface area contributed by atoms with E-state index in [0.717, 1.165) is 0 Å². The monoisotopic (exact) mass is 368 g/mol. The highest BCUT2D eigenvalue weighted by atomic mass is 16.6. The summed E-state index contributed by atoms with van der Waals surface area (Å²) in [6.45, 7) is 3.36. The summed E-state index contributed by atoms with van der Waals surface area (Å²) in [7, 11) is 1.49. The lowest BCUT2D eigenvalue weighted by Crippen LogP contribution is -2.21. The average Bonchev–Trinajstić information content (AvgIpc) is 2.62. The molecule has 3 rings (SSSR count). The average molecular weight is 368 g/mol. The Balaban J connectivity index is 2.06. The summed E-state index contributed by atoms with van der Waals surface area (Å²) in [5, 5.41) is 14.3. The van der Waals surface area contributed by atoms with Crippen molar-refractivity contribution in [3.05, 3.63) is 73.6 Å². The third-order valence-electron chi connectivity index (χ3n) is 4.08. The number of fused-ring (bicyclic) bond motifs is 1. The lowest BCUT2D eigenvalue weighted by atomic mass is 10.1. The van der Waals surface area contributed by atoms with E-state index in [1.165, 1.54) is 19.2 Å². The number of carbonyl (C=O) groups is 1. The van der Waals surface area contributed by atoms with Crippen LogP contribution >= 0.6 is 0 Å². The van der Waals surface area contributed by atoms with E-state index in [0.29, 0.717) is 27.8 Å². The molecule has 2 aromatic carbocycles. The Labute approximate surface area is 153 Å². The van der Waals surface area contributed by atoms with E-state index in [1.54, 1.807) is 38.1 Å². The van der Waals surface area contributed by atoms with Gasteiger partial charge in [-0.3, -0.25) is 14.9 Å². The maximum atomic E-state index is 12.6. The van der Waals surface area contributed by atoms with Crippen molar-refractivity contribution in [3.8, 4) is 5.75 Å². The molecule has 0 aliphatic carbocycles. The van der Waals surface area contributed by atoms with Crippen molar-refractivity contribution >= 4 is 28.3 Å². The van der Waals surface area contributed by atoms with E-state index in [1.807, 2.05) is 0 Å². The number of hydrogen-bond acceptors (Lipinski definition) is 6. The molecule has 1 amide bonds. The van der Waals surface area contributed by atoms with Gasteiger partial charge < -0.3 is 14.5 Å². The zero-order valence-corrected chi connectivity index (χ0v) is 14.9. The molecular formula is C19H16N2O6. The zero-order chi connectivity index (χ0) is 19.7. The Bertz CT molecular complexity index is 1130. The SMILES string of the molecule is COc1ccc2oc(=O)c(C(=O)Nc3c(C)cc(C)cc3[N+](=O)[O-])cc2c1. The van der Waals surface area contributed by atoms with Crippen molar-refractivity contribution in [2.24, 2.45) is 0 Å². The molecule has 1 N–H and O–H groups in total. The number of aryl methyl sites for hydroxylation is 2. The molecule has 8 heteroatoms. The molecule has 1 heterocycles. The minimum atomic E-state index is -0.836.